The van der Waals surface area contributed by atoms with Gasteiger partial charge in [-0.3, -0.25) is 0 Å². The first-order valence-corrected chi connectivity index (χ1v) is 10.0. The summed E-state index contributed by atoms with van der Waals surface area (Å²) in [5.41, 5.74) is 0. The third-order valence-electron chi connectivity index (χ3n) is 4.66. The Labute approximate surface area is 153 Å². The van der Waals surface area contributed by atoms with Gasteiger partial charge >= 0.3 is 0 Å². The lowest BCUT2D eigenvalue weighted by atomic mass is 10.1. The molecule has 0 amide bonds. The number of aliphatic hydroxyl groups is 3. The van der Waals surface area contributed by atoms with Crippen LogP contribution in [0.3, 0.4) is 0 Å². The highest BCUT2D eigenvalue weighted by Crippen LogP contribution is 2.17. The van der Waals surface area contributed by atoms with E-state index < -0.39 is 24.4 Å². The van der Waals surface area contributed by atoms with Crippen molar-refractivity contribution in [2.45, 2.75) is 95.5 Å². The van der Waals surface area contributed by atoms with Gasteiger partial charge in [-0.15, -0.1) is 0 Å². The first-order valence-electron chi connectivity index (χ1n) is 10.0. The van der Waals surface area contributed by atoms with Gasteiger partial charge in [0.15, 0.2) is 0 Å². The molecule has 25 heavy (non-hydrogen) atoms. The van der Waals surface area contributed by atoms with Crippen LogP contribution in [0.1, 0.15) is 71.1 Å². The van der Waals surface area contributed by atoms with Crippen molar-refractivity contribution in [3.63, 3.8) is 0 Å². The summed E-state index contributed by atoms with van der Waals surface area (Å²) in [6.07, 6.45) is 13.3. The molecule has 4 atom stereocenters. The average molecular weight is 359 g/mol. The molecule has 0 bridgehead atoms. The van der Waals surface area contributed by atoms with Crippen LogP contribution in [0.5, 0.6) is 0 Å². The van der Waals surface area contributed by atoms with Gasteiger partial charge in [-0.05, 0) is 32.1 Å². The molecule has 5 nitrogen and oxygen atoms in total. The molecule has 1 aliphatic heterocycles. The topological polar surface area (TPSA) is 79.2 Å². The number of aliphatic hydroxyl groups excluding tert-OH is 3. The Hall–Kier alpha value is -0.460. The normalized spacial score (nSPS) is 25.0. The van der Waals surface area contributed by atoms with Gasteiger partial charge in [-0.25, -0.2) is 0 Å². The Morgan fingerprint density at radius 3 is 2.28 bits per heavy atom. The molecular formula is C20H38O5. The minimum absolute atomic E-state index is 0.0635. The lowest BCUT2D eigenvalue weighted by Crippen LogP contribution is -2.40. The molecular weight excluding hydrogens is 320 g/mol. The van der Waals surface area contributed by atoms with Crippen molar-refractivity contribution < 1.29 is 24.8 Å². The maximum absolute atomic E-state index is 9.90. The summed E-state index contributed by atoms with van der Waals surface area (Å²) in [6.45, 7) is 3.03. The second-order valence-electron chi connectivity index (χ2n) is 7.02. The van der Waals surface area contributed by atoms with Crippen LogP contribution < -0.4 is 0 Å². The molecule has 0 aromatic carbocycles. The highest BCUT2D eigenvalue weighted by Gasteiger charge is 2.39. The van der Waals surface area contributed by atoms with Gasteiger partial charge in [0, 0.05) is 6.61 Å². The Kier molecular flexibility index (Phi) is 13.3. The molecule has 0 radical (unpaired) electrons. The highest BCUT2D eigenvalue weighted by atomic mass is 16.5. The molecule has 1 rings (SSSR count). The summed E-state index contributed by atoms with van der Waals surface area (Å²) in [5, 5.41) is 28.9. The number of hydrogen-bond acceptors (Lipinski definition) is 5. The standard InChI is InChI=1S/C20H38O5/c1-2-3-4-5-6-7-8-9-10-11-12-13-14-24-15-18(22)20-19(23)17(21)16-25-20/h9-10,17-23H,2-8,11-16H2,1H3/b10-9+/t17-,18+,19-,20-/m1/s1. The molecule has 5 heteroatoms. The quantitative estimate of drug-likeness (QED) is 0.310. The zero-order chi connectivity index (χ0) is 18.3. The van der Waals surface area contributed by atoms with Gasteiger partial charge in [0.2, 0.25) is 0 Å². The van der Waals surface area contributed by atoms with Gasteiger partial charge in [0.25, 0.3) is 0 Å². The summed E-state index contributed by atoms with van der Waals surface area (Å²) in [7, 11) is 0. The van der Waals surface area contributed by atoms with Gasteiger partial charge in [0.05, 0.1) is 13.2 Å². The number of ether oxygens (including phenoxy) is 2. The summed E-state index contributed by atoms with van der Waals surface area (Å²) < 4.78 is 10.6. The predicted octanol–water partition coefficient (Wildman–Crippen LogP) is 2.96. The summed E-state index contributed by atoms with van der Waals surface area (Å²) in [5.74, 6) is 0. The van der Waals surface area contributed by atoms with Crippen LogP contribution in [-0.4, -0.2) is 59.6 Å². The fraction of sp³-hybridized carbons (Fsp3) is 0.900. The van der Waals surface area contributed by atoms with E-state index in [2.05, 4.69) is 19.1 Å². The van der Waals surface area contributed by atoms with E-state index in [0.29, 0.717) is 6.61 Å². The minimum Gasteiger partial charge on any atom is -0.388 e. The average Bonchev–Trinajstić information content (AvgIpc) is 2.94. The van der Waals surface area contributed by atoms with Gasteiger partial charge in [-0.1, -0.05) is 51.2 Å². The van der Waals surface area contributed by atoms with Crippen LogP contribution in [0.2, 0.25) is 0 Å². The number of rotatable bonds is 15. The van der Waals surface area contributed by atoms with Crippen LogP contribution in [0.15, 0.2) is 12.2 Å². The summed E-state index contributed by atoms with van der Waals surface area (Å²) in [4.78, 5) is 0. The van der Waals surface area contributed by atoms with E-state index >= 15 is 0 Å². The van der Waals surface area contributed by atoms with E-state index in [1.807, 2.05) is 0 Å². The molecule has 0 aromatic heterocycles. The van der Waals surface area contributed by atoms with Crippen molar-refractivity contribution >= 4 is 0 Å². The third-order valence-corrected chi connectivity index (χ3v) is 4.66. The molecule has 0 spiro atoms. The van der Waals surface area contributed by atoms with E-state index in [1.165, 1.54) is 44.9 Å². The molecule has 0 saturated carbocycles. The Balaban J connectivity index is 1.86. The van der Waals surface area contributed by atoms with Crippen molar-refractivity contribution in [3.05, 3.63) is 12.2 Å². The zero-order valence-electron chi connectivity index (χ0n) is 15.8. The number of allylic oxidation sites excluding steroid dienone is 2. The van der Waals surface area contributed by atoms with E-state index in [-0.39, 0.29) is 13.2 Å². The molecule has 0 aromatic rings. The van der Waals surface area contributed by atoms with Crippen molar-refractivity contribution in [3.8, 4) is 0 Å². The summed E-state index contributed by atoms with van der Waals surface area (Å²) in [6, 6.07) is 0. The Bertz CT molecular complexity index is 334. The van der Waals surface area contributed by atoms with Crippen molar-refractivity contribution in [1.29, 1.82) is 0 Å². The minimum atomic E-state index is -1.03. The fourth-order valence-corrected chi connectivity index (χ4v) is 3.01. The first-order chi connectivity index (χ1) is 12.2. The van der Waals surface area contributed by atoms with Gasteiger partial charge < -0.3 is 24.8 Å². The molecule has 1 aliphatic rings. The van der Waals surface area contributed by atoms with E-state index in [4.69, 9.17) is 9.47 Å². The molecule has 0 unspecified atom stereocenters. The van der Waals surface area contributed by atoms with Gasteiger partial charge in [-0.2, -0.15) is 0 Å². The molecule has 148 valence electrons. The van der Waals surface area contributed by atoms with Crippen LogP contribution in [0.4, 0.5) is 0 Å². The maximum atomic E-state index is 9.90. The van der Waals surface area contributed by atoms with Crippen molar-refractivity contribution in [2.75, 3.05) is 19.8 Å². The second kappa shape index (κ2) is 14.7. The Morgan fingerprint density at radius 1 is 1.00 bits per heavy atom. The van der Waals surface area contributed by atoms with Crippen LogP contribution in [-0.2, 0) is 9.47 Å². The fourth-order valence-electron chi connectivity index (χ4n) is 3.01. The molecule has 1 heterocycles. The molecule has 3 N–H and O–H groups in total. The van der Waals surface area contributed by atoms with Gasteiger partial charge in [0.1, 0.15) is 24.4 Å². The van der Waals surface area contributed by atoms with E-state index in [0.717, 1.165) is 19.3 Å². The lowest BCUT2D eigenvalue weighted by molar-refractivity contribution is -0.0813. The smallest absolute Gasteiger partial charge is 0.114 e. The first kappa shape index (κ1) is 22.6. The predicted molar refractivity (Wildman–Crippen MR) is 99.6 cm³/mol. The number of hydrogen-bond donors (Lipinski definition) is 3. The van der Waals surface area contributed by atoms with Crippen molar-refractivity contribution in [1.82, 2.24) is 0 Å². The monoisotopic (exact) mass is 358 g/mol. The van der Waals surface area contributed by atoms with Crippen LogP contribution in [0, 0.1) is 0 Å². The molecule has 0 aliphatic carbocycles. The highest BCUT2D eigenvalue weighted by molar-refractivity contribution is 4.87. The Morgan fingerprint density at radius 2 is 1.64 bits per heavy atom. The molecule has 1 fully saturated rings. The largest absolute Gasteiger partial charge is 0.388 e. The SMILES string of the molecule is CCCCCCCC/C=C/CCCCOC[C@H](O)[C@H]1OC[C@@H](O)[C@H]1O. The third kappa shape index (κ3) is 10.3. The maximum Gasteiger partial charge on any atom is 0.114 e. The van der Waals surface area contributed by atoms with Crippen molar-refractivity contribution in [2.24, 2.45) is 0 Å². The van der Waals surface area contributed by atoms with E-state index in [9.17, 15) is 15.3 Å². The molecule has 1 saturated heterocycles. The number of unbranched alkanes of at least 4 members (excludes halogenated alkanes) is 8. The lowest BCUT2D eigenvalue weighted by Gasteiger charge is -2.20. The summed E-state index contributed by atoms with van der Waals surface area (Å²) >= 11 is 0. The van der Waals surface area contributed by atoms with Crippen LogP contribution >= 0.6 is 0 Å². The van der Waals surface area contributed by atoms with E-state index in [1.54, 1.807) is 0 Å². The second-order valence-corrected chi connectivity index (χ2v) is 7.02. The van der Waals surface area contributed by atoms with Crippen LogP contribution in [0.25, 0.3) is 0 Å². The zero-order valence-corrected chi connectivity index (χ0v) is 15.8.